The number of halogens is 1. The number of aryl methyl sites for hydroxylation is 1. The molecule has 0 saturated carbocycles. The third-order valence-electron chi connectivity index (χ3n) is 2.74. The van der Waals surface area contributed by atoms with Crippen LogP contribution >= 0.6 is 11.6 Å². The van der Waals surface area contributed by atoms with E-state index in [1.807, 2.05) is 31.2 Å². The number of hydrogen-bond donors (Lipinski definition) is 0. The van der Waals surface area contributed by atoms with E-state index in [0.29, 0.717) is 22.9 Å². The lowest BCUT2D eigenvalue weighted by Gasteiger charge is -2.10. The van der Waals surface area contributed by atoms with Gasteiger partial charge in [-0.25, -0.2) is 0 Å². The van der Waals surface area contributed by atoms with Crippen LogP contribution in [0.4, 0.5) is 0 Å². The van der Waals surface area contributed by atoms with E-state index in [2.05, 4.69) is 0 Å². The Hall–Kier alpha value is -1.80. The van der Waals surface area contributed by atoms with E-state index in [-0.39, 0.29) is 0 Å². The van der Waals surface area contributed by atoms with E-state index >= 15 is 0 Å². The van der Waals surface area contributed by atoms with Crippen molar-refractivity contribution in [3.8, 4) is 5.75 Å². The smallest absolute Gasteiger partial charge is 0.150 e. The van der Waals surface area contributed by atoms with Crippen LogP contribution in [-0.2, 0) is 6.61 Å². The molecule has 0 aliphatic rings. The van der Waals surface area contributed by atoms with Crippen molar-refractivity contribution in [3.63, 3.8) is 0 Å². The molecule has 0 saturated heterocycles. The highest BCUT2D eigenvalue weighted by Gasteiger charge is 2.04. The minimum atomic E-state index is 0.452. The predicted molar refractivity (Wildman–Crippen MR) is 72.4 cm³/mol. The van der Waals surface area contributed by atoms with Gasteiger partial charge in [0.2, 0.25) is 0 Å². The van der Waals surface area contributed by atoms with Gasteiger partial charge in [-0.15, -0.1) is 0 Å². The van der Waals surface area contributed by atoms with Crippen molar-refractivity contribution >= 4 is 17.9 Å². The fraction of sp³-hybridized carbons (Fsp3) is 0.133. The number of aldehydes is 1. The molecule has 0 aliphatic heterocycles. The third-order valence-corrected chi connectivity index (χ3v) is 3.03. The first-order valence-corrected chi connectivity index (χ1v) is 6.00. The van der Waals surface area contributed by atoms with Crippen molar-refractivity contribution in [2.75, 3.05) is 0 Å². The Bertz CT molecular complexity index is 564. The zero-order chi connectivity index (χ0) is 13.0. The topological polar surface area (TPSA) is 26.3 Å². The summed E-state index contributed by atoms with van der Waals surface area (Å²) < 4.78 is 5.66. The first kappa shape index (κ1) is 12.7. The maximum absolute atomic E-state index is 10.6. The molecule has 0 bridgehead atoms. The molecule has 0 unspecified atom stereocenters. The second-order valence-corrected chi connectivity index (χ2v) is 4.43. The lowest BCUT2D eigenvalue weighted by atomic mass is 10.1. The standard InChI is InChI=1S/C15H13ClO2/c1-11-4-2-3-5-13(11)10-18-15-7-6-12(9-17)8-14(15)16/h2-9H,10H2,1H3. The molecule has 0 atom stereocenters. The molecule has 0 spiro atoms. The lowest BCUT2D eigenvalue weighted by molar-refractivity contribution is 0.112. The van der Waals surface area contributed by atoms with Gasteiger partial charge in [0.15, 0.2) is 0 Å². The fourth-order valence-corrected chi connectivity index (χ4v) is 1.88. The maximum atomic E-state index is 10.6. The Morgan fingerprint density at radius 1 is 1.22 bits per heavy atom. The normalized spacial score (nSPS) is 10.1. The molecular formula is C15H13ClO2. The van der Waals surface area contributed by atoms with Gasteiger partial charge in [-0.2, -0.15) is 0 Å². The highest BCUT2D eigenvalue weighted by Crippen LogP contribution is 2.26. The molecule has 2 nitrogen and oxygen atoms in total. The monoisotopic (exact) mass is 260 g/mol. The van der Waals surface area contributed by atoms with Crippen LogP contribution in [0.2, 0.25) is 5.02 Å². The second-order valence-electron chi connectivity index (χ2n) is 4.02. The van der Waals surface area contributed by atoms with Gasteiger partial charge in [0.25, 0.3) is 0 Å². The molecule has 0 fully saturated rings. The van der Waals surface area contributed by atoms with E-state index in [4.69, 9.17) is 16.3 Å². The molecule has 2 aromatic rings. The zero-order valence-corrected chi connectivity index (χ0v) is 10.8. The molecule has 2 rings (SSSR count). The molecule has 3 heteroatoms. The number of rotatable bonds is 4. The summed E-state index contributed by atoms with van der Waals surface area (Å²) >= 11 is 6.03. The van der Waals surface area contributed by atoms with E-state index in [1.54, 1.807) is 18.2 Å². The minimum Gasteiger partial charge on any atom is -0.487 e. The van der Waals surface area contributed by atoms with Crippen LogP contribution in [0.5, 0.6) is 5.75 Å². The van der Waals surface area contributed by atoms with E-state index in [9.17, 15) is 4.79 Å². The summed E-state index contributed by atoms with van der Waals surface area (Å²) in [6.07, 6.45) is 0.761. The van der Waals surface area contributed by atoms with Crippen LogP contribution in [0.25, 0.3) is 0 Å². The summed E-state index contributed by atoms with van der Waals surface area (Å²) in [6, 6.07) is 13.0. The summed E-state index contributed by atoms with van der Waals surface area (Å²) in [5, 5.41) is 0.452. The van der Waals surface area contributed by atoms with Crippen molar-refractivity contribution < 1.29 is 9.53 Å². The summed E-state index contributed by atoms with van der Waals surface area (Å²) in [5.74, 6) is 0.588. The molecule has 92 valence electrons. The second kappa shape index (κ2) is 5.69. The molecule has 18 heavy (non-hydrogen) atoms. The average molecular weight is 261 g/mol. The van der Waals surface area contributed by atoms with E-state index in [0.717, 1.165) is 11.8 Å². The van der Waals surface area contributed by atoms with E-state index < -0.39 is 0 Å². The summed E-state index contributed by atoms with van der Waals surface area (Å²) in [7, 11) is 0. The summed E-state index contributed by atoms with van der Waals surface area (Å²) in [6.45, 7) is 2.50. The number of carbonyl (C=O) groups excluding carboxylic acids is 1. The van der Waals surface area contributed by atoms with Gasteiger partial charge >= 0.3 is 0 Å². The average Bonchev–Trinajstić information content (AvgIpc) is 2.39. The van der Waals surface area contributed by atoms with Crippen LogP contribution in [0.3, 0.4) is 0 Å². The summed E-state index contributed by atoms with van der Waals surface area (Å²) in [5.41, 5.74) is 2.84. The van der Waals surface area contributed by atoms with Gasteiger partial charge in [-0.05, 0) is 36.2 Å². The van der Waals surface area contributed by atoms with Gasteiger partial charge in [0.1, 0.15) is 18.6 Å². The van der Waals surface area contributed by atoms with Crippen LogP contribution in [0.15, 0.2) is 42.5 Å². The van der Waals surface area contributed by atoms with Crippen LogP contribution in [-0.4, -0.2) is 6.29 Å². The van der Waals surface area contributed by atoms with Gasteiger partial charge in [-0.1, -0.05) is 35.9 Å². The number of ether oxygens (including phenoxy) is 1. The van der Waals surface area contributed by atoms with Crippen molar-refractivity contribution in [1.82, 2.24) is 0 Å². The molecule has 0 aliphatic carbocycles. The Kier molecular flexibility index (Phi) is 4.00. The fourth-order valence-electron chi connectivity index (χ4n) is 1.63. The molecule has 0 aromatic heterocycles. The van der Waals surface area contributed by atoms with Crippen molar-refractivity contribution in [3.05, 3.63) is 64.2 Å². The van der Waals surface area contributed by atoms with Gasteiger partial charge < -0.3 is 4.74 Å². The highest BCUT2D eigenvalue weighted by atomic mass is 35.5. The molecule has 0 heterocycles. The Balaban J connectivity index is 2.11. The molecule has 0 N–H and O–H groups in total. The third kappa shape index (κ3) is 2.90. The van der Waals surface area contributed by atoms with Crippen molar-refractivity contribution in [2.24, 2.45) is 0 Å². The highest BCUT2D eigenvalue weighted by molar-refractivity contribution is 6.32. The summed E-state index contributed by atoms with van der Waals surface area (Å²) in [4.78, 5) is 10.6. The van der Waals surface area contributed by atoms with Crippen LogP contribution in [0.1, 0.15) is 21.5 Å². The number of hydrogen-bond acceptors (Lipinski definition) is 2. The van der Waals surface area contributed by atoms with Crippen LogP contribution < -0.4 is 4.74 Å². The first-order chi connectivity index (χ1) is 8.70. The van der Waals surface area contributed by atoms with Crippen molar-refractivity contribution in [2.45, 2.75) is 13.5 Å². The van der Waals surface area contributed by atoms with E-state index in [1.165, 1.54) is 5.56 Å². The van der Waals surface area contributed by atoms with Crippen molar-refractivity contribution in [1.29, 1.82) is 0 Å². The largest absolute Gasteiger partial charge is 0.487 e. The molecular weight excluding hydrogens is 248 g/mol. The van der Waals surface area contributed by atoms with Crippen LogP contribution in [0, 0.1) is 6.92 Å². The van der Waals surface area contributed by atoms with Gasteiger partial charge in [-0.3, -0.25) is 4.79 Å². The SMILES string of the molecule is Cc1ccccc1COc1ccc(C=O)cc1Cl. The maximum Gasteiger partial charge on any atom is 0.150 e. The molecule has 0 radical (unpaired) electrons. The zero-order valence-electron chi connectivity index (χ0n) is 10.0. The Morgan fingerprint density at radius 2 is 2.00 bits per heavy atom. The Labute approximate surface area is 111 Å². The quantitative estimate of drug-likeness (QED) is 0.776. The number of carbonyl (C=O) groups is 1. The first-order valence-electron chi connectivity index (χ1n) is 5.63. The number of benzene rings is 2. The minimum absolute atomic E-state index is 0.452. The lowest BCUT2D eigenvalue weighted by Crippen LogP contribution is -1.98. The Morgan fingerprint density at radius 3 is 2.67 bits per heavy atom. The molecule has 0 amide bonds. The van der Waals surface area contributed by atoms with Gasteiger partial charge in [0, 0.05) is 5.56 Å². The molecule has 2 aromatic carbocycles. The van der Waals surface area contributed by atoms with Gasteiger partial charge in [0.05, 0.1) is 5.02 Å². The predicted octanol–water partition coefficient (Wildman–Crippen LogP) is 4.04.